The standard InChI is InChI=1S/C25H20N6O6S/c32-22(28-25-30-29-23(38-25)16-6-11-20-21(13-16)37-14-36-20)19(12-15-4-2-1-3-5-15)27-24(33)26-17-7-9-18(10-8-17)31(34)35/h1-11,13,19H,12,14H2,(H2,26,27,33)(H,28,30,32)/t19-/m0/s1. The van der Waals surface area contributed by atoms with Crippen molar-refractivity contribution < 1.29 is 24.0 Å². The first kappa shape index (κ1) is 24.6. The molecule has 38 heavy (non-hydrogen) atoms. The number of hydrogen-bond acceptors (Lipinski definition) is 9. The van der Waals surface area contributed by atoms with E-state index in [-0.39, 0.29) is 24.0 Å². The number of nitrogens with zero attached hydrogens (tertiary/aromatic N) is 3. The van der Waals surface area contributed by atoms with Crippen LogP contribution in [0.3, 0.4) is 0 Å². The fourth-order valence-electron chi connectivity index (χ4n) is 3.66. The molecule has 5 rings (SSSR count). The van der Waals surface area contributed by atoms with Crippen molar-refractivity contribution in [2.45, 2.75) is 12.5 Å². The quantitative estimate of drug-likeness (QED) is 0.225. The molecule has 3 N–H and O–H groups in total. The van der Waals surface area contributed by atoms with Crippen LogP contribution in [-0.4, -0.2) is 39.9 Å². The fraction of sp³-hybridized carbons (Fsp3) is 0.120. The molecule has 13 heteroatoms. The summed E-state index contributed by atoms with van der Waals surface area (Å²) in [6, 6.07) is 18.4. The summed E-state index contributed by atoms with van der Waals surface area (Å²) in [4.78, 5) is 36.2. The first-order valence-electron chi connectivity index (χ1n) is 11.3. The molecule has 0 radical (unpaired) electrons. The number of nitrogens with one attached hydrogen (secondary N) is 3. The molecule has 192 valence electrons. The number of nitro groups is 1. The molecule has 1 atom stereocenters. The highest BCUT2D eigenvalue weighted by molar-refractivity contribution is 7.18. The van der Waals surface area contributed by atoms with E-state index in [4.69, 9.17) is 9.47 Å². The molecule has 1 aliphatic heterocycles. The highest BCUT2D eigenvalue weighted by Crippen LogP contribution is 2.37. The molecule has 0 saturated carbocycles. The summed E-state index contributed by atoms with van der Waals surface area (Å²) in [7, 11) is 0. The second-order valence-corrected chi connectivity index (χ2v) is 9.09. The fourth-order valence-corrected chi connectivity index (χ4v) is 4.41. The number of nitro benzene ring substituents is 1. The summed E-state index contributed by atoms with van der Waals surface area (Å²) < 4.78 is 10.7. The summed E-state index contributed by atoms with van der Waals surface area (Å²) in [6.45, 7) is 0.157. The Balaban J connectivity index is 1.28. The lowest BCUT2D eigenvalue weighted by atomic mass is 10.1. The first-order valence-corrected chi connectivity index (χ1v) is 12.2. The number of benzene rings is 3. The van der Waals surface area contributed by atoms with Gasteiger partial charge < -0.3 is 20.1 Å². The normalized spacial score (nSPS) is 12.4. The van der Waals surface area contributed by atoms with Crippen molar-refractivity contribution in [1.29, 1.82) is 0 Å². The number of fused-ring (bicyclic) bond motifs is 1. The van der Waals surface area contributed by atoms with E-state index in [0.29, 0.717) is 22.2 Å². The van der Waals surface area contributed by atoms with Crippen LogP contribution in [0.4, 0.5) is 21.3 Å². The number of urea groups is 1. The topological polar surface area (TPSA) is 158 Å². The maximum Gasteiger partial charge on any atom is 0.319 e. The van der Waals surface area contributed by atoms with Gasteiger partial charge in [0.25, 0.3) is 5.69 Å². The second-order valence-electron chi connectivity index (χ2n) is 8.11. The van der Waals surface area contributed by atoms with Crippen molar-refractivity contribution in [1.82, 2.24) is 15.5 Å². The highest BCUT2D eigenvalue weighted by Gasteiger charge is 2.23. The van der Waals surface area contributed by atoms with Crippen LogP contribution in [0.1, 0.15) is 5.56 Å². The minimum Gasteiger partial charge on any atom is -0.454 e. The lowest BCUT2D eigenvalue weighted by Crippen LogP contribution is -2.46. The van der Waals surface area contributed by atoms with E-state index >= 15 is 0 Å². The molecule has 12 nitrogen and oxygen atoms in total. The number of carbonyl (C=O) groups is 2. The van der Waals surface area contributed by atoms with E-state index in [0.717, 1.165) is 11.1 Å². The number of rotatable bonds is 8. The van der Waals surface area contributed by atoms with Crippen LogP contribution in [0.5, 0.6) is 11.5 Å². The number of anilines is 2. The summed E-state index contributed by atoms with van der Waals surface area (Å²) >= 11 is 1.17. The van der Waals surface area contributed by atoms with E-state index in [9.17, 15) is 19.7 Å². The SMILES string of the molecule is O=C(Nc1ccc([N+](=O)[O-])cc1)N[C@@H](Cc1ccccc1)C(=O)Nc1nnc(-c2ccc3c(c2)OCO3)s1. The number of aromatic nitrogens is 2. The van der Waals surface area contributed by atoms with Crippen molar-refractivity contribution in [2.24, 2.45) is 0 Å². The van der Waals surface area contributed by atoms with Crippen LogP contribution in [0.2, 0.25) is 0 Å². The number of hydrogen-bond donors (Lipinski definition) is 3. The Morgan fingerprint density at radius 2 is 1.74 bits per heavy atom. The van der Waals surface area contributed by atoms with Gasteiger partial charge in [-0.3, -0.25) is 20.2 Å². The average molecular weight is 533 g/mol. The van der Waals surface area contributed by atoms with Gasteiger partial charge >= 0.3 is 6.03 Å². The van der Waals surface area contributed by atoms with Crippen molar-refractivity contribution in [3.8, 4) is 22.1 Å². The van der Waals surface area contributed by atoms with Gasteiger partial charge in [0.05, 0.1) is 4.92 Å². The largest absolute Gasteiger partial charge is 0.454 e. The van der Waals surface area contributed by atoms with Gasteiger partial charge in [0.2, 0.25) is 17.8 Å². The smallest absolute Gasteiger partial charge is 0.319 e. The predicted octanol–water partition coefficient (Wildman–Crippen LogP) is 4.21. The third-order valence-corrected chi connectivity index (χ3v) is 6.40. The molecular formula is C25H20N6O6S. The van der Waals surface area contributed by atoms with Gasteiger partial charge in [0, 0.05) is 29.8 Å². The zero-order valence-corrected chi connectivity index (χ0v) is 20.4. The molecule has 1 aromatic heterocycles. The van der Waals surface area contributed by atoms with Gasteiger partial charge in [-0.1, -0.05) is 41.7 Å². The van der Waals surface area contributed by atoms with Gasteiger partial charge in [0.15, 0.2) is 11.5 Å². The maximum absolute atomic E-state index is 13.2. The van der Waals surface area contributed by atoms with E-state index in [1.165, 1.54) is 35.6 Å². The Bertz CT molecular complexity index is 1480. The van der Waals surface area contributed by atoms with Gasteiger partial charge in [-0.25, -0.2) is 4.79 Å². The van der Waals surface area contributed by atoms with Crippen molar-refractivity contribution >= 4 is 39.8 Å². The molecule has 0 unspecified atom stereocenters. The molecule has 0 bridgehead atoms. The number of carbonyl (C=O) groups excluding carboxylic acids is 2. The highest BCUT2D eigenvalue weighted by atomic mass is 32.1. The molecule has 1 aliphatic rings. The third-order valence-electron chi connectivity index (χ3n) is 5.52. The van der Waals surface area contributed by atoms with Crippen LogP contribution < -0.4 is 25.4 Å². The zero-order valence-electron chi connectivity index (χ0n) is 19.6. The summed E-state index contributed by atoms with van der Waals surface area (Å²) in [5.41, 5.74) is 1.83. The van der Waals surface area contributed by atoms with Gasteiger partial charge in [0.1, 0.15) is 11.0 Å². The first-order chi connectivity index (χ1) is 18.4. The van der Waals surface area contributed by atoms with E-state index in [2.05, 4.69) is 26.1 Å². The third kappa shape index (κ3) is 5.84. The molecule has 3 amide bonds. The molecule has 0 spiro atoms. The van der Waals surface area contributed by atoms with Crippen LogP contribution in [0.15, 0.2) is 72.8 Å². The lowest BCUT2D eigenvalue weighted by Gasteiger charge is -2.18. The van der Waals surface area contributed by atoms with E-state index in [1.54, 1.807) is 12.1 Å². The van der Waals surface area contributed by atoms with Gasteiger partial charge in [-0.2, -0.15) is 0 Å². The Kier molecular flexibility index (Phi) is 7.08. The summed E-state index contributed by atoms with van der Waals surface area (Å²) in [5, 5.41) is 27.9. The van der Waals surface area contributed by atoms with Crippen molar-refractivity contribution in [3.63, 3.8) is 0 Å². The Morgan fingerprint density at radius 3 is 2.50 bits per heavy atom. The predicted molar refractivity (Wildman–Crippen MR) is 139 cm³/mol. The Hall–Kier alpha value is -5.04. The van der Waals surface area contributed by atoms with Crippen molar-refractivity contribution in [2.75, 3.05) is 17.4 Å². The molecule has 0 aliphatic carbocycles. The van der Waals surface area contributed by atoms with Crippen LogP contribution in [0.25, 0.3) is 10.6 Å². The zero-order chi connectivity index (χ0) is 26.5. The van der Waals surface area contributed by atoms with E-state index in [1.807, 2.05) is 36.4 Å². The summed E-state index contributed by atoms with van der Waals surface area (Å²) in [5.74, 6) is 0.768. The minimum absolute atomic E-state index is 0.102. The number of non-ortho nitro benzene ring substituents is 1. The van der Waals surface area contributed by atoms with Gasteiger partial charge in [-0.15, -0.1) is 10.2 Å². The molecule has 3 aromatic carbocycles. The van der Waals surface area contributed by atoms with Crippen LogP contribution in [-0.2, 0) is 11.2 Å². The van der Waals surface area contributed by atoms with Gasteiger partial charge in [-0.05, 0) is 35.9 Å². The average Bonchev–Trinajstić information content (AvgIpc) is 3.58. The lowest BCUT2D eigenvalue weighted by molar-refractivity contribution is -0.384. The molecule has 2 heterocycles. The van der Waals surface area contributed by atoms with Crippen LogP contribution in [0, 0.1) is 10.1 Å². The Morgan fingerprint density at radius 1 is 0.974 bits per heavy atom. The molecule has 4 aromatic rings. The molecule has 0 saturated heterocycles. The van der Waals surface area contributed by atoms with Crippen molar-refractivity contribution in [3.05, 3.63) is 88.5 Å². The maximum atomic E-state index is 13.2. The summed E-state index contributed by atoms with van der Waals surface area (Å²) in [6.07, 6.45) is 0.216. The number of ether oxygens (including phenoxy) is 2. The van der Waals surface area contributed by atoms with Crippen LogP contribution >= 0.6 is 11.3 Å². The minimum atomic E-state index is -0.951. The monoisotopic (exact) mass is 532 g/mol. The Labute approximate surface area is 219 Å². The molecular weight excluding hydrogens is 512 g/mol. The molecule has 0 fully saturated rings. The second kappa shape index (κ2) is 10.9. The van der Waals surface area contributed by atoms with E-state index < -0.39 is 22.9 Å². The number of amides is 3.